The molecule has 136 valence electrons. The fraction of sp³-hybridized carbons (Fsp3) is 0.500. The van der Waals surface area contributed by atoms with Crippen molar-refractivity contribution in [2.45, 2.75) is 18.9 Å². The van der Waals surface area contributed by atoms with Crippen molar-refractivity contribution in [2.75, 3.05) is 36.3 Å². The molecule has 2 saturated heterocycles. The number of ether oxygens (including phenoxy) is 1. The van der Waals surface area contributed by atoms with E-state index in [9.17, 15) is 18.0 Å². The third-order valence-electron chi connectivity index (χ3n) is 4.33. The summed E-state index contributed by atoms with van der Waals surface area (Å²) in [5.74, 6) is -1.03. The molecule has 1 amide bonds. The summed E-state index contributed by atoms with van der Waals surface area (Å²) < 4.78 is 30.6. The number of aliphatic carboxylic acids is 1. The highest BCUT2D eigenvalue weighted by atomic mass is 32.2. The molecule has 9 heteroatoms. The van der Waals surface area contributed by atoms with E-state index in [-0.39, 0.29) is 24.6 Å². The average molecular weight is 368 g/mol. The lowest BCUT2D eigenvalue weighted by Gasteiger charge is -2.32. The number of benzene rings is 1. The number of carboxylic acids is 1. The number of sulfonamides is 1. The molecule has 1 atom stereocenters. The van der Waals surface area contributed by atoms with Crippen molar-refractivity contribution in [1.82, 2.24) is 4.90 Å². The van der Waals surface area contributed by atoms with Gasteiger partial charge in [-0.2, -0.15) is 0 Å². The summed E-state index contributed by atoms with van der Waals surface area (Å²) in [6.07, 6.45) is -0.0543. The number of amides is 1. The number of carbonyl (C=O) groups is 2. The van der Waals surface area contributed by atoms with Gasteiger partial charge >= 0.3 is 5.97 Å². The third kappa shape index (κ3) is 3.93. The highest BCUT2D eigenvalue weighted by Gasteiger charge is 2.29. The third-order valence-corrected chi connectivity index (χ3v) is 6.20. The van der Waals surface area contributed by atoms with Gasteiger partial charge in [-0.25, -0.2) is 8.42 Å². The second-order valence-corrected chi connectivity index (χ2v) is 8.14. The Labute approximate surface area is 146 Å². The number of carboxylic acid groups (broad SMARTS) is 1. The molecule has 2 heterocycles. The van der Waals surface area contributed by atoms with Crippen molar-refractivity contribution in [3.05, 3.63) is 29.8 Å². The minimum absolute atomic E-state index is 0.143. The zero-order chi connectivity index (χ0) is 18.0. The predicted molar refractivity (Wildman–Crippen MR) is 90.1 cm³/mol. The van der Waals surface area contributed by atoms with Crippen molar-refractivity contribution in [2.24, 2.45) is 0 Å². The van der Waals surface area contributed by atoms with E-state index in [2.05, 4.69) is 0 Å². The molecule has 1 N–H and O–H groups in total. The molecule has 0 unspecified atom stereocenters. The van der Waals surface area contributed by atoms with E-state index in [1.54, 1.807) is 29.2 Å². The highest BCUT2D eigenvalue weighted by molar-refractivity contribution is 7.93. The maximum absolute atomic E-state index is 12.6. The normalized spacial score (nSPS) is 22.8. The molecule has 0 bridgehead atoms. The molecule has 25 heavy (non-hydrogen) atoms. The van der Waals surface area contributed by atoms with Crippen LogP contribution in [0.1, 0.15) is 23.2 Å². The van der Waals surface area contributed by atoms with Gasteiger partial charge in [-0.05, 0) is 30.7 Å². The Morgan fingerprint density at radius 2 is 1.92 bits per heavy atom. The molecular weight excluding hydrogens is 348 g/mol. The molecule has 0 saturated carbocycles. The molecule has 2 aliphatic heterocycles. The summed E-state index contributed by atoms with van der Waals surface area (Å²) in [5.41, 5.74) is 0.996. The van der Waals surface area contributed by atoms with Crippen molar-refractivity contribution in [3.63, 3.8) is 0 Å². The summed E-state index contributed by atoms with van der Waals surface area (Å²) in [5, 5.41) is 8.85. The zero-order valence-electron chi connectivity index (χ0n) is 13.6. The maximum Gasteiger partial charge on any atom is 0.306 e. The lowest BCUT2D eigenvalue weighted by molar-refractivity contribution is -0.141. The Bertz CT molecular complexity index is 761. The largest absolute Gasteiger partial charge is 0.481 e. The van der Waals surface area contributed by atoms with Crippen molar-refractivity contribution in [3.8, 4) is 0 Å². The maximum atomic E-state index is 12.6. The summed E-state index contributed by atoms with van der Waals surface area (Å²) in [4.78, 5) is 24.9. The van der Waals surface area contributed by atoms with Gasteiger partial charge in [0.25, 0.3) is 5.91 Å². The molecule has 0 aliphatic carbocycles. The molecule has 1 aromatic carbocycles. The van der Waals surface area contributed by atoms with E-state index < -0.39 is 22.1 Å². The smallest absolute Gasteiger partial charge is 0.306 e. The van der Waals surface area contributed by atoms with Gasteiger partial charge < -0.3 is 14.7 Å². The Balaban J connectivity index is 1.69. The summed E-state index contributed by atoms with van der Waals surface area (Å²) in [6, 6.07) is 6.47. The van der Waals surface area contributed by atoms with E-state index in [1.807, 2.05) is 0 Å². The van der Waals surface area contributed by atoms with E-state index in [1.165, 1.54) is 4.31 Å². The van der Waals surface area contributed by atoms with Crippen LogP contribution in [0.5, 0.6) is 0 Å². The topological polar surface area (TPSA) is 104 Å². The minimum Gasteiger partial charge on any atom is -0.481 e. The minimum atomic E-state index is -3.25. The predicted octanol–water partition coefficient (Wildman–Crippen LogP) is 0.542. The molecule has 2 aliphatic rings. The Kier molecular flexibility index (Phi) is 4.96. The molecule has 8 nitrogen and oxygen atoms in total. The lowest BCUT2D eigenvalue weighted by atomic mass is 10.1. The van der Waals surface area contributed by atoms with Gasteiger partial charge in [-0.1, -0.05) is 0 Å². The average Bonchev–Trinajstić information content (AvgIpc) is 2.93. The van der Waals surface area contributed by atoms with Crippen LogP contribution in [0.25, 0.3) is 0 Å². The number of nitrogens with zero attached hydrogens (tertiary/aromatic N) is 2. The number of hydrogen-bond acceptors (Lipinski definition) is 5. The van der Waals surface area contributed by atoms with Crippen LogP contribution in [0.2, 0.25) is 0 Å². The van der Waals surface area contributed by atoms with Gasteiger partial charge in [-0.3, -0.25) is 13.9 Å². The molecule has 3 rings (SSSR count). The molecule has 2 fully saturated rings. The molecule has 0 spiro atoms. The van der Waals surface area contributed by atoms with E-state index in [0.29, 0.717) is 37.4 Å². The van der Waals surface area contributed by atoms with E-state index in [4.69, 9.17) is 9.84 Å². The first kappa shape index (κ1) is 17.7. The first-order valence-corrected chi connectivity index (χ1v) is 9.71. The van der Waals surface area contributed by atoms with Crippen LogP contribution >= 0.6 is 0 Å². The Morgan fingerprint density at radius 3 is 2.52 bits per heavy atom. The van der Waals surface area contributed by atoms with Gasteiger partial charge in [0.1, 0.15) is 0 Å². The van der Waals surface area contributed by atoms with Crippen LogP contribution in [-0.4, -0.2) is 68.4 Å². The molecule has 0 aromatic heterocycles. The van der Waals surface area contributed by atoms with E-state index >= 15 is 0 Å². The van der Waals surface area contributed by atoms with Gasteiger partial charge in [0.2, 0.25) is 10.0 Å². The van der Waals surface area contributed by atoms with Gasteiger partial charge in [0.15, 0.2) is 0 Å². The SMILES string of the molecule is O=C(O)C[C@H]1CN(C(=O)c2ccc(N3CCCS3(=O)=O)cc2)CCO1. The van der Waals surface area contributed by atoms with Crippen LogP contribution < -0.4 is 4.31 Å². The van der Waals surface area contributed by atoms with Crippen LogP contribution in [0, 0.1) is 0 Å². The fourth-order valence-electron chi connectivity index (χ4n) is 3.10. The van der Waals surface area contributed by atoms with Gasteiger partial charge in [0, 0.05) is 25.2 Å². The van der Waals surface area contributed by atoms with Crippen LogP contribution in [0.3, 0.4) is 0 Å². The van der Waals surface area contributed by atoms with Crippen LogP contribution in [0.15, 0.2) is 24.3 Å². The van der Waals surface area contributed by atoms with Gasteiger partial charge in [-0.15, -0.1) is 0 Å². The highest BCUT2D eigenvalue weighted by Crippen LogP contribution is 2.24. The van der Waals surface area contributed by atoms with Crippen molar-refractivity contribution >= 4 is 27.6 Å². The van der Waals surface area contributed by atoms with Gasteiger partial charge in [0.05, 0.1) is 30.6 Å². The van der Waals surface area contributed by atoms with Crippen molar-refractivity contribution in [1.29, 1.82) is 0 Å². The quantitative estimate of drug-likeness (QED) is 0.832. The molecule has 1 aromatic rings. The number of carbonyl (C=O) groups excluding carboxylic acids is 1. The fourth-order valence-corrected chi connectivity index (χ4v) is 4.67. The van der Waals surface area contributed by atoms with Crippen LogP contribution in [-0.2, 0) is 19.6 Å². The first-order valence-electron chi connectivity index (χ1n) is 8.10. The lowest BCUT2D eigenvalue weighted by Crippen LogP contribution is -2.46. The zero-order valence-corrected chi connectivity index (χ0v) is 14.4. The second-order valence-electron chi connectivity index (χ2n) is 6.13. The monoisotopic (exact) mass is 368 g/mol. The number of rotatable bonds is 4. The summed E-state index contributed by atoms with van der Waals surface area (Å²) in [6.45, 7) is 1.38. The number of hydrogen-bond donors (Lipinski definition) is 1. The Morgan fingerprint density at radius 1 is 1.20 bits per heavy atom. The summed E-state index contributed by atoms with van der Waals surface area (Å²) >= 11 is 0. The standard InChI is InChI=1S/C16H20N2O6S/c19-15(20)10-14-11-17(7-8-24-14)16(21)12-2-4-13(5-3-12)18-6-1-9-25(18,22)23/h2-5,14H,1,6-11H2,(H,19,20)/t14-/m0/s1. The summed E-state index contributed by atoms with van der Waals surface area (Å²) in [7, 11) is -3.25. The molecule has 0 radical (unpaired) electrons. The molecular formula is C16H20N2O6S. The Hall–Kier alpha value is -2.13. The second kappa shape index (κ2) is 7.01. The van der Waals surface area contributed by atoms with Crippen molar-refractivity contribution < 1.29 is 27.9 Å². The first-order chi connectivity index (χ1) is 11.9. The number of anilines is 1. The number of morpholine rings is 1. The van der Waals surface area contributed by atoms with Crippen LogP contribution in [0.4, 0.5) is 5.69 Å². The van der Waals surface area contributed by atoms with E-state index in [0.717, 1.165) is 0 Å².